The lowest BCUT2D eigenvalue weighted by Crippen LogP contribution is -2.31. The van der Waals surface area contributed by atoms with Gasteiger partial charge in [-0.15, -0.1) is 11.8 Å². The molecule has 0 saturated carbocycles. The fraction of sp³-hybridized carbons (Fsp3) is 0.833. The highest BCUT2D eigenvalue weighted by molar-refractivity contribution is 4.98. The molecule has 0 aromatic heterocycles. The topological polar surface area (TPSA) is 40.5 Å². The molecular weight excluding hydrogens is 176 g/mol. The third-order valence-corrected chi connectivity index (χ3v) is 2.52. The van der Waals surface area contributed by atoms with Crippen molar-refractivity contribution in [3.05, 3.63) is 0 Å². The standard InChI is InChI=1S/C12H22O2/c1-4-7-9-12(14)10(8-5-2)11(13)6-3/h10-14H,5-6,8-9H2,1-3H3. The van der Waals surface area contributed by atoms with Crippen LogP contribution in [0.2, 0.25) is 0 Å². The normalized spacial score (nSPS) is 16.6. The predicted molar refractivity (Wildman–Crippen MR) is 58.8 cm³/mol. The molecule has 14 heavy (non-hydrogen) atoms. The van der Waals surface area contributed by atoms with Gasteiger partial charge in [0.1, 0.15) is 0 Å². The minimum atomic E-state index is -0.489. The van der Waals surface area contributed by atoms with Crippen molar-refractivity contribution in [3.63, 3.8) is 0 Å². The highest BCUT2D eigenvalue weighted by Gasteiger charge is 2.24. The van der Waals surface area contributed by atoms with E-state index in [1.165, 1.54) is 0 Å². The van der Waals surface area contributed by atoms with Crippen molar-refractivity contribution < 1.29 is 10.2 Å². The monoisotopic (exact) mass is 198 g/mol. The molecule has 0 aliphatic heterocycles. The van der Waals surface area contributed by atoms with Gasteiger partial charge < -0.3 is 10.2 Å². The average Bonchev–Trinajstić information content (AvgIpc) is 2.21. The van der Waals surface area contributed by atoms with Crippen LogP contribution in [0.4, 0.5) is 0 Å². The number of aliphatic hydroxyl groups excluding tert-OH is 2. The molecule has 0 fully saturated rings. The smallest absolute Gasteiger partial charge is 0.0702 e. The molecule has 2 nitrogen and oxygen atoms in total. The van der Waals surface area contributed by atoms with Crippen molar-refractivity contribution in [1.82, 2.24) is 0 Å². The maximum atomic E-state index is 9.81. The van der Waals surface area contributed by atoms with Crippen LogP contribution in [0.3, 0.4) is 0 Å². The van der Waals surface area contributed by atoms with Crippen molar-refractivity contribution in [2.24, 2.45) is 5.92 Å². The molecular formula is C12H22O2. The van der Waals surface area contributed by atoms with Gasteiger partial charge in [-0.25, -0.2) is 0 Å². The first-order chi connectivity index (χ1) is 6.67. The summed E-state index contributed by atoms with van der Waals surface area (Å²) in [6.45, 7) is 5.76. The van der Waals surface area contributed by atoms with Crippen molar-refractivity contribution in [2.45, 2.75) is 58.7 Å². The number of hydrogen-bond acceptors (Lipinski definition) is 2. The fourth-order valence-corrected chi connectivity index (χ4v) is 1.64. The molecule has 0 aliphatic rings. The highest BCUT2D eigenvalue weighted by atomic mass is 16.3. The summed E-state index contributed by atoms with van der Waals surface area (Å²) in [5.74, 6) is 5.59. The summed E-state index contributed by atoms with van der Waals surface area (Å²) in [5.41, 5.74) is 0. The van der Waals surface area contributed by atoms with Crippen molar-refractivity contribution in [2.75, 3.05) is 0 Å². The first kappa shape index (κ1) is 13.5. The zero-order valence-corrected chi connectivity index (χ0v) is 9.45. The molecule has 82 valence electrons. The summed E-state index contributed by atoms with van der Waals surface area (Å²) in [4.78, 5) is 0. The third kappa shape index (κ3) is 4.64. The van der Waals surface area contributed by atoms with Crippen LogP contribution in [0.5, 0.6) is 0 Å². The largest absolute Gasteiger partial charge is 0.393 e. The van der Waals surface area contributed by atoms with E-state index < -0.39 is 12.2 Å². The van der Waals surface area contributed by atoms with Gasteiger partial charge >= 0.3 is 0 Å². The lowest BCUT2D eigenvalue weighted by atomic mass is 9.88. The van der Waals surface area contributed by atoms with Gasteiger partial charge in [-0.3, -0.25) is 0 Å². The Morgan fingerprint density at radius 2 is 1.79 bits per heavy atom. The van der Waals surface area contributed by atoms with E-state index in [9.17, 15) is 10.2 Å². The SMILES string of the molecule is CC#CCC(O)C(CCC)C(O)CC. The summed E-state index contributed by atoms with van der Waals surface area (Å²) in [7, 11) is 0. The minimum absolute atomic E-state index is 0.0224. The first-order valence-electron chi connectivity index (χ1n) is 5.43. The quantitative estimate of drug-likeness (QED) is 0.640. The van der Waals surface area contributed by atoms with Gasteiger partial charge in [-0.05, 0) is 19.8 Å². The molecule has 2 N–H and O–H groups in total. The Hall–Kier alpha value is -0.520. The summed E-state index contributed by atoms with van der Waals surface area (Å²) in [6.07, 6.45) is 2.13. The van der Waals surface area contributed by atoms with Gasteiger partial charge in [0.05, 0.1) is 12.2 Å². The lowest BCUT2D eigenvalue weighted by molar-refractivity contribution is 0.00853. The number of rotatable bonds is 6. The Bertz CT molecular complexity index is 190. The van der Waals surface area contributed by atoms with Crippen LogP contribution in [0.15, 0.2) is 0 Å². The maximum Gasteiger partial charge on any atom is 0.0702 e. The second-order valence-electron chi connectivity index (χ2n) is 3.63. The van der Waals surface area contributed by atoms with E-state index in [0.29, 0.717) is 12.8 Å². The molecule has 0 rings (SSSR count). The van der Waals surface area contributed by atoms with Gasteiger partial charge in [-0.1, -0.05) is 20.3 Å². The Morgan fingerprint density at radius 3 is 2.21 bits per heavy atom. The zero-order valence-electron chi connectivity index (χ0n) is 9.45. The average molecular weight is 198 g/mol. The summed E-state index contributed by atoms with van der Waals surface area (Å²) in [5, 5.41) is 19.5. The van der Waals surface area contributed by atoms with Crippen LogP contribution < -0.4 is 0 Å². The molecule has 0 aliphatic carbocycles. The highest BCUT2D eigenvalue weighted by Crippen LogP contribution is 2.20. The van der Waals surface area contributed by atoms with E-state index >= 15 is 0 Å². The molecule has 3 atom stereocenters. The zero-order chi connectivity index (χ0) is 11.0. The van der Waals surface area contributed by atoms with Crippen molar-refractivity contribution in [1.29, 1.82) is 0 Å². The minimum Gasteiger partial charge on any atom is -0.393 e. The van der Waals surface area contributed by atoms with E-state index in [4.69, 9.17) is 0 Å². The Kier molecular flexibility index (Phi) is 7.55. The summed E-state index contributed by atoms with van der Waals surface area (Å²) >= 11 is 0. The molecule has 0 saturated heterocycles. The van der Waals surface area contributed by atoms with Crippen molar-refractivity contribution >= 4 is 0 Å². The second kappa shape index (κ2) is 7.84. The Balaban J connectivity index is 4.21. The predicted octanol–water partition coefficient (Wildman–Crippen LogP) is 1.95. The van der Waals surface area contributed by atoms with Gasteiger partial charge in [0.15, 0.2) is 0 Å². The molecule has 2 heteroatoms. The molecule has 0 amide bonds. The maximum absolute atomic E-state index is 9.81. The second-order valence-corrected chi connectivity index (χ2v) is 3.63. The van der Waals surface area contributed by atoms with Crippen LogP contribution in [0.25, 0.3) is 0 Å². The van der Waals surface area contributed by atoms with Crippen LogP contribution in [-0.2, 0) is 0 Å². The van der Waals surface area contributed by atoms with E-state index in [-0.39, 0.29) is 5.92 Å². The van der Waals surface area contributed by atoms with Crippen LogP contribution in [-0.4, -0.2) is 22.4 Å². The first-order valence-corrected chi connectivity index (χ1v) is 5.43. The number of aliphatic hydroxyl groups is 2. The summed E-state index contributed by atoms with van der Waals surface area (Å²) < 4.78 is 0. The molecule has 0 heterocycles. The fourth-order valence-electron chi connectivity index (χ4n) is 1.64. The molecule has 0 bridgehead atoms. The van der Waals surface area contributed by atoms with Crippen LogP contribution >= 0.6 is 0 Å². The number of hydrogen-bond donors (Lipinski definition) is 2. The molecule has 0 aromatic carbocycles. The van der Waals surface area contributed by atoms with E-state index in [2.05, 4.69) is 18.8 Å². The molecule has 0 spiro atoms. The van der Waals surface area contributed by atoms with Gasteiger partial charge in [0, 0.05) is 12.3 Å². The van der Waals surface area contributed by atoms with E-state index in [0.717, 1.165) is 12.8 Å². The van der Waals surface area contributed by atoms with Crippen LogP contribution in [0.1, 0.15) is 46.5 Å². The van der Waals surface area contributed by atoms with E-state index in [1.807, 2.05) is 6.92 Å². The Labute approximate surface area is 87.3 Å². The van der Waals surface area contributed by atoms with Gasteiger partial charge in [0.2, 0.25) is 0 Å². The van der Waals surface area contributed by atoms with E-state index in [1.54, 1.807) is 6.92 Å². The lowest BCUT2D eigenvalue weighted by Gasteiger charge is -2.25. The van der Waals surface area contributed by atoms with Crippen molar-refractivity contribution in [3.8, 4) is 11.8 Å². The molecule has 0 radical (unpaired) electrons. The third-order valence-electron chi connectivity index (χ3n) is 2.52. The Morgan fingerprint density at radius 1 is 1.14 bits per heavy atom. The van der Waals surface area contributed by atoms with Crippen LogP contribution in [0, 0.1) is 17.8 Å². The van der Waals surface area contributed by atoms with Gasteiger partial charge in [0.25, 0.3) is 0 Å². The molecule has 0 aromatic rings. The van der Waals surface area contributed by atoms with Gasteiger partial charge in [-0.2, -0.15) is 0 Å². The summed E-state index contributed by atoms with van der Waals surface area (Å²) in [6, 6.07) is 0. The molecule has 3 unspecified atom stereocenters.